The molecule has 1 aromatic rings. The average molecular weight is 319 g/mol. The second-order valence-corrected chi connectivity index (χ2v) is 7.08. The molecule has 2 heterocycles. The second kappa shape index (κ2) is 6.07. The fraction of sp³-hybridized carbons (Fsp3) is 0.706. The maximum atomic E-state index is 12.7. The van der Waals surface area contributed by atoms with Crippen LogP contribution in [0.3, 0.4) is 0 Å². The Balaban J connectivity index is 1.75. The smallest absolute Gasteiger partial charge is 0.254 e. The number of piperidine rings is 1. The number of hydrogen-bond acceptors (Lipinski definition) is 4. The molecule has 23 heavy (non-hydrogen) atoms. The van der Waals surface area contributed by atoms with Gasteiger partial charge in [-0.15, -0.1) is 0 Å². The van der Waals surface area contributed by atoms with E-state index in [1.807, 2.05) is 4.90 Å². The summed E-state index contributed by atoms with van der Waals surface area (Å²) in [7, 11) is 0. The van der Waals surface area contributed by atoms with Crippen LogP contribution in [0.2, 0.25) is 0 Å². The van der Waals surface area contributed by atoms with Crippen molar-refractivity contribution in [2.75, 3.05) is 13.1 Å². The summed E-state index contributed by atoms with van der Waals surface area (Å²) in [4.78, 5) is 33.5. The maximum absolute atomic E-state index is 12.7. The second-order valence-electron chi connectivity index (χ2n) is 7.08. The number of aliphatic hydroxyl groups is 1. The highest BCUT2D eigenvalue weighted by atomic mass is 16.3. The average Bonchev–Trinajstić information content (AvgIpc) is 2.83. The molecule has 0 aromatic carbocycles. The molecule has 6 nitrogen and oxygen atoms in total. The molecule has 2 fully saturated rings. The van der Waals surface area contributed by atoms with Gasteiger partial charge in [-0.05, 0) is 39.5 Å². The SMILES string of the molecule is Cc1nc(C)c(CC(=O)N2CCC[C@]3(CCC[C@H]3O)C2)c(=O)[nH]1. The zero-order valence-electron chi connectivity index (χ0n) is 13.9. The molecule has 0 unspecified atom stereocenters. The van der Waals surface area contributed by atoms with Gasteiger partial charge in [0.05, 0.1) is 12.5 Å². The van der Waals surface area contributed by atoms with E-state index >= 15 is 0 Å². The normalized spacial score (nSPS) is 27.6. The molecule has 2 aliphatic rings. The fourth-order valence-electron chi connectivity index (χ4n) is 4.19. The molecule has 1 amide bonds. The summed E-state index contributed by atoms with van der Waals surface area (Å²) < 4.78 is 0. The van der Waals surface area contributed by atoms with Crippen molar-refractivity contribution in [3.8, 4) is 0 Å². The van der Waals surface area contributed by atoms with Gasteiger partial charge in [-0.1, -0.05) is 6.42 Å². The van der Waals surface area contributed by atoms with Crippen molar-refractivity contribution < 1.29 is 9.90 Å². The molecule has 6 heteroatoms. The zero-order chi connectivity index (χ0) is 16.6. The zero-order valence-corrected chi connectivity index (χ0v) is 13.9. The quantitative estimate of drug-likeness (QED) is 0.854. The summed E-state index contributed by atoms with van der Waals surface area (Å²) in [6, 6.07) is 0. The molecular formula is C17H25N3O3. The van der Waals surface area contributed by atoms with Crippen molar-refractivity contribution in [2.24, 2.45) is 5.41 Å². The van der Waals surface area contributed by atoms with Crippen molar-refractivity contribution in [3.05, 3.63) is 27.4 Å². The van der Waals surface area contributed by atoms with Gasteiger partial charge in [0, 0.05) is 29.8 Å². The standard InChI is InChI=1S/C17H25N3O3/c1-11-13(16(23)19-12(2)18-11)9-15(22)20-8-4-7-17(10-20)6-3-5-14(17)21/h14,21H,3-10H2,1-2H3,(H,18,19,23)/t14-,17-/m1/s1. The van der Waals surface area contributed by atoms with Crippen LogP contribution in [0.25, 0.3) is 0 Å². The third-order valence-corrected chi connectivity index (χ3v) is 5.49. The lowest BCUT2D eigenvalue weighted by Crippen LogP contribution is -2.50. The van der Waals surface area contributed by atoms with E-state index < -0.39 is 0 Å². The fourth-order valence-corrected chi connectivity index (χ4v) is 4.19. The number of carbonyl (C=O) groups is 1. The lowest BCUT2D eigenvalue weighted by molar-refractivity contribution is -0.135. The van der Waals surface area contributed by atoms with Crippen molar-refractivity contribution in [1.82, 2.24) is 14.9 Å². The number of nitrogens with one attached hydrogen (secondary N) is 1. The number of nitrogens with zero attached hydrogens (tertiary/aromatic N) is 2. The first-order chi connectivity index (χ1) is 10.9. The lowest BCUT2D eigenvalue weighted by Gasteiger charge is -2.42. The van der Waals surface area contributed by atoms with Crippen LogP contribution in [-0.4, -0.2) is 45.1 Å². The number of hydrogen-bond donors (Lipinski definition) is 2. The molecule has 1 aromatic heterocycles. The number of aliphatic hydroxyl groups excluding tert-OH is 1. The lowest BCUT2D eigenvalue weighted by atomic mass is 9.76. The van der Waals surface area contributed by atoms with E-state index in [2.05, 4.69) is 9.97 Å². The number of aromatic nitrogens is 2. The van der Waals surface area contributed by atoms with Gasteiger partial charge < -0.3 is 15.0 Å². The summed E-state index contributed by atoms with van der Waals surface area (Å²) in [5, 5.41) is 10.3. The summed E-state index contributed by atoms with van der Waals surface area (Å²) in [5.74, 6) is 0.525. The van der Waals surface area contributed by atoms with E-state index in [0.29, 0.717) is 30.2 Å². The maximum Gasteiger partial charge on any atom is 0.254 e. The van der Waals surface area contributed by atoms with Crippen molar-refractivity contribution in [2.45, 2.75) is 58.5 Å². The van der Waals surface area contributed by atoms with Gasteiger partial charge >= 0.3 is 0 Å². The van der Waals surface area contributed by atoms with E-state index in [-0.39, 0.29) is 29.4 Å². The summed E-state index contributed by atoms with van der Waals surface area (Å²) >= 11 is 0. The number of H-pyrrole nitrogens is 1. The Labute approximate surface area is 135 Å². The Hall–Kier alpha value is -1.69. The third-order valence-electron chi connectivity index (χ3n) is 5.49. The Morgan fingerprint density at radius 1 is 1.39 bits per heavy atom. The van der Waals surface area contributed by atoms with E-state index in [0.717, 1.165) is 32.1 Å². The van der Waals surface area contributed by atoms with Gasteiger partial charge in [-0.25, -0.2) is 4.98 Å². The van der Waals surface area contributed by atoms with Crippen molar-refractivity contribution in [1.29, 1.82) is 0 Å². The van der Waals surface area contributed by atoms with Crippen LogP contribution in [0.4, 0.5) is 0 Å². The van der Waals surface area contributed by atoms with E-state index in [1.165, 1.54) is 0 Å². The highest BCUT2D eigenvalue weighted by molar-refractivity contribution is 5.79. The van der Waals surface area contributed by atoms with Gasteiger partial charge in [-0.2, -0.15) is 0 Å². The third kappa shape index (κ3) is 3.04. The van der Waals surface area contributed by atoms with Crippen molar-refractivity contribution in [3.63, 3.8) is 0 Å². The molecule has 2 N–H and O–H groups in total. The molecule has 0 radical (unpaired) electrons. The van der Waals surface area contributed by atoms with Crippen LogP contribution < -0.4 is 5.56 Å². The number of carbonyl (C=O) groups excluding carboxylic acids is 1. The molecule has 126 valence electrons. The topological polar surface area (TPSA) is 86.3 Å². The van der Waals surface area contributed by atoms with Crippen LogP contribution in [0, 0.1) is 19.3 Å². The Bertz CT molecular complexity index is 670. The number of aromatic amines is 1. The Morgan fingerprint density at radius 3 is 2.78 bits per heavy atom. The number of aryl methyl sites for hydroxylation is 2. The molecule has 1 spiro atoms. The van der Waals surface area contributed by atoms with Crippen LogP contribution in [0.5, 0.6) is 0 Å². The molecule has 1 aliphatic heterocycles. The van der Waals surface area contributed by atoms with Crippen LogP contribution >= 0.6 is 0 Å². The van der Waals surface area contributed by atoms with E-state index in [4.69, 9.17) is 0 Å². The predicted molar refractivity (Wildman–Crippen MR) is 86.1 cm³/mol. The first-order valence-corrected chi connectivity index (χ1v) is 8.43. The minimum absolute atomic E-state index is 0.0394. The monoisotopic (exact) mass is 319 g/mol. The molecule has 1 aliphatic carbocycles. The molecule has 1 saturated carbocycles. The van der Waals surface area contributed by atoms with Gasteiger partial charge in [0.2, 0.25) is 5.91 Å². The molecule has 1 saturated heterocycles. The Kier molecular flexibility index (Phi) is 4.27. The van der Waals surface area contributed by atoms with Crippen LogP contribution in [-0.2, 0) is 11.2 Å². The van der Waals surface area contributed by atoms with Crippen LogP contribution in [0.1, 0.15) is 49.2 Å². The summed E-state index contributed by atoms with van der Waals surface area (Å²) in [5.41, 5.74) is 0.719. The van der Waals surface area contributed by atoms with Gasteiger partial charge in [0.25, 0.3) is 5.56 Å². The first-order valence-electron chi connectivity index (χ1n) is 8.43. The van der Waals surface area contributed by atoms with Gasteiger partial charge in [0.1, 0.15) is 5.82 Å². The number of likely N-dealkylation sites (tertiary alicyclic amines) is 1. The highest BCUT2D eigenvalue weighted by Crippen LogP contribution is 2.45. The molecule has 3 rings (SSSR count). The van der Waals surface area contributed by atoms with Crippen molar-refractivity contribution >= 4 is 5.91 Å². The van der Waals surface area contributed by atoms with Crippen LogP contribution in [0.15, 0.2) is 4.79 Å². The first kappa shape index (κ1) is 16.2. The minimum atomic E-state index is -0.302. The highest BCUT2D eigenvalue weighted by Gasteiger charge is 2.45. The molecule has 2 atom stereocenters. The molecular weight excluding hydrogens is 294 g/mol. The minimum Gasteiger partial charge on any atom is -0.392 e. The van der Waals surface area contributed by atoms with Gasteiger partial charge in [0.15, 0.2) is 0 Å². The van der Waals surface area contributed by atoms with Gasteiger partial charge in [-0.3, -0.25) is 9.59 Å². The largest absolute Gasteiger partial charge is 0.392 e. The number of rotatable bonds is 2. The van der Waals surface area contributed by atoms with E-state index in [1.54, 1.807) is 13.8 Å². The summed E-state index contributed by atoms with van der Waals surface area (Å²) in [6.45, 7) is 4.83. The summed E-state index contributed by atoms with van der Waals surface area (Å²) in [6.07, 6.45) is 4.55. The Morgan fingerprint density at radius 2 is 2.13 bits per heavy atom. The predicted octanol–water partition coefficient (Wildman–Crippen LogP) is 1.08. The van der Waals surface area contributed by atoms with E-state index in [9.17, 15) is 14.7 Å². The molecule has 0 bridgehead atoms. The number of amides is 1.